The van der Waals surface area contributed by atoms with Crippen LogP contribution < -0.4 is 15.4 Å². The van der Waals surface area contributed by atoms with Crippen molar-refractivity contribution in [1.82, 2.24) is 50.6 Å². The van der Waals surface area contributed by atoms with Crippen LogP contribution in [0.1, 0.15) is 99.0 Å². The summed E-state index contributed by atoms with van der Waals surface area (Å²) in [6.07, 6.45) is 2.84. The van der Waals surface area contributed by atoms with Crippen LogP contribution in [0.3, 0.4) is 0 Å². The van der Waals surface area contributed by atoms with Gasteiger partial charge in [-0.15, -0.1) is 16.4 Å². The van der Waals surface area contributed by atoms with Gasteiger partial charge in [-0.3, -0.25) is 38.9 Å². The van der Waals surface area contributed by atoms with Crippen molar-refractivity contribution in [3.05, 3.63) is 118 Å². The molecule has 0 bridgehead atoms. The molecule has 0 saturated carbocycles. The number of halogens is 3. The third kappa shape index (κ3) is 10.5. The summed E-state index contributed by atoms with van der Waals surface area (Å²) < 4.78 is 51.6. The smallest absolute Gasteiger partial charge is 0.471 e. The first-order valence-corrected chi connectivity index (χ1v) is 23.6. The molecule has 2 saturated heterocycles. The van der Waals surface area contributed by atoms with Gasteiger partial charge < -0.3 is 19.5 Å². The van der Waals surface area contributed by atoms with Crippen molar-refractivity contribution < 1.29 is 46.4 Å². The minimum Gasteiger partial charge on any atom is -0.493 e. The molecule has 2 fully saturated rings. The number of piperidine rings is 2. The Morgan fingerprint density at radius 3 is 2.48 bits per heavy atom. The molecule has 358 valence electrons. The van der Waals surface area contributed by atoms with Gasteiger partial charge >= 0.3 is 12.1 Å². The molecule has 17 nitrogen and oxygen atoms in total. The monoisotopic (exact) mass is 964 g/mol. The van der Waals surface area contributed by atoms with Gasteiger partial charge in [0.05, 0.1) is 29.1 Å². The highest BCUT2D eigenvalue weighted by atomic mass is 32.1. The number of hydrogen-bond acceptors (Lipinski definition) is 14. The standard InChI is InChI=1S/C48H47F3N10O7S/c49-48(50,51)45-55-40(57-68-45)31-12-8-13-32(26-31)41(63)52-29-47(46-53-35(28-69-46)30-10-4-3-5-11-30)19-23-59(24-20-47)22-18-33-27-60(58-56-33)21-6-1-2-7-25-67-37-15-9-14-34-39(37)44(66)61(43(34)65)36-16-17-38(62)54-42(36)64/h3-5,8-15,26-28,36H,1-2,6-7,16-25,29H2,(H,52,63)(H,54,62,64). The summed E-state index contributed by atoms with van der Waals surface area (Å²) in [6, 6.07) is 19.8. The number of likely N-dealkylation sites (tertiary alicyclic amines) is 1. The predicted octanol–water partition coefficient (Wildman–Crippen LogP) is 6.52. The Hall–Kier alpha value is -7.13. The summed E-state index contributed by atoms with van der Waals surface area (Å²) in [7, 11) is 0. The van der Waals surface area contributed by atoms with Crippen molar-refractivity contribution >= 4 is 40.9 Å². The van der Waals surface area contributed by atoms with Crippen molar-refractivity contribution in [1.29, 1.82) is 0 Å². The molecule has 9 rings (SSSR count). The third-order valence-corrected chi connectivity index (χ3v) is 13.8. The minimum atomic E-state index is -4.79. The molecule has 0 aliphatic carbocycles. The lowest BCUT2D eigenvalue weighted by Crippen LogP contribution is -2.54. The van der Waals surface area contributed by atoms with Gasteiger partial charge in [-0.05, 0) is 75.9 Å². The molecule has 0 spiro atoms. The number of amides is 5. The van der Waals surface area contributed by atoms with Crippen LogP contribution in [-0.4, -0.2) is 108 Å². The molecule has 1 unspecified atom stereocenters. The third-order valence-electron chi connectivity index (χ3n) is 12.7. The number of fused-ring (bicyclic) bond motifs is 1. The van der Waals surface area contributed by atoms with Gasteiger partial charge in [0.1, 0.15) is 16.8 Å². The van der Waals surface area contributed by atoms with Crippen molar-refractivity contribution in [2.45, 2.75) is 82.0 Å². The maximum Gasteiger partial charge on any atom is 0.471 e. The molecule has 6 aromatic rings. The number of rotatable bonds is 18. The quantitative estimate of drug-likeness (QED) is 0.0696. The molecule has 69 heavy (non-hydrogen) atoms. The summed E-state index contributed by atoms with van der Waals surface area (Å²) in [5.41, 5.74) is 3.06. The zero-order chi connectivity index (χ0) is 48.1. The maximum atomic E-state index is 13.6. The highest BCUT2D eigenvalue weighted by Crippen LogP contribution is 2.39. The lowest BCUT2D eigenvalue weighted by Gasteiger charge is -2.40. The zero-order valence-corrected chi connectivity index (χ0v) is 38.1. The highest BCUT2D eigenvalue weighted by molar-refractivity contribution is 7.10. The Bertz CT molecular complexity index is 2860. The number of thiazole rings is 1. The topological polar surface area (TPSA) is 208 Å². The first kappa shape index (κ1) is 47.0. The molecule has 3 aromatic heterocycles. The van der Waals surface area contributed by atoms with Crippen molar-refractivity contribution in [2.75, 3.05) is 32.8 Å². The van der Waals surface area contributed by atoms with E-state index in [2.05, 4.69) is 40.5 Å². The van der Waals surface area contributed by atoms with Crippen LogP contribution >= 0.6 is 11.3 Å². The molecular weight excluding hydrogens is 918 g/mol. The number of carbonyl (C=O) groups excluding carboxylic acids is 5. The first-order valence-electron chi connectivity index (χ1n) is 22.7. The molecule has 0 radical (unpaired) electrons. The summed E-state index contributed by atoms with van der Waals surface area (Å²) in [5.74, 6) is -4.09. The Morgan fingerprint density at radius 2 is 1.70 bits per heavy atom. The van der Waals surface area contributed by atoms with Gasteiger partial charge in [0.15, 0.2) is 0 Å². The Labute approximate surface area is 397 Å². The van der Waals surface area contributed by atoms with Crippen LogP contribution in [0.4, 0.5) is 13.2 Å². The number of aromatic nitrogens is 6. The van der Waals surface area contributed by atoms with Crippen LogP contribution in [0.15, 0.2) is 88.9 Å². The summed E-state index contributed by atoms with van der Waals surface area (Å²) >= 11 is 1.57. The summed E-state index contributed by atoms with van der Waals surface area (Å²) in [5, 5.41) is 20.5. The number of aryl methyl sites for hydroxylation is 1. The SMILES string of the molecule is O=C1CCC(N2C(=O)c3cccc(OCCCCCCn4cc(CCN5CCC(CNC(=O)c6cccc(-c7noc(C(F)(F)F)n7)c6)(c6nc(-c7ccccc7)cs6)CC5)nn4)c3C2=O)C(=O)N1. The maximum absolute atomic E-state index is 13.6. The molecule has 21 heteroatoms. The number of unbranched alkanes of at least 4 members (excludes halogenated alkanes) is 3. The number of ether oxygens (including phenoxy) is 1. The van der Waals surface area contributed by atoms with E-state index in [0.717, 1.165) is 85.0 Å². The van der Waals surface area contributed by atoms with Crippen molar-refractivity contribution in [2.24, 2.45) is 0 Å². The number of carbonyl (C=O) groups is 5. The van der Waals surface area contributed by atoms with Gasteiger partial charge in [-0.1, -0.05) is 65.3 Å². The number of nitrogens with one attached hydrogen (secondary N) is 2. The van der Waals surface area contributed by atoms with Crippen LogP contribution in [-0.2, 0) is 34.1 Å². The second-order valence-electron chi connectivity index (χ2n) is 17.3. The van der Waals surface area contributed by atoms with Gasteiger partial charge in [0.2, 0.25) is 17.6 Å². The van der Waals surface area contributed by atoms with Gasteiger partial charge in [0, 0.05) is 66.2 Å². The van der Waals surface area contributed by atoms with Crippen LogP contribution in [0.2, 0.25) is 0 Å². The average molecular weight is 965 g/mol. The molecule has 3 aliphatic rings. The van der Waals surface area contributed by atoms with E-state index in [1.807, 2.05) is 46.6 Å². The normalized spacial score (nSPS) is 17.3. The van der Waals surface area contributed by atoms with E-state index in [-0.39, 0.29) is 46.8 Å². The predicted molar refractivity (Wildman–Crippen MR) is 243 cm³/mol. The van der Waals surface area contributed by atoms with Crippen molar-refractivity contribution in [3.8, 4) is 28.4 Å². The van der Waals surface area contributed by atoms with E-state index < -0.39 is 47.2 Å². The number of alkyl halides is 3. The molecule has 6 heterocycles. The van der Waals surface area contributed by atoms with Gasteiger partial charge in [-0.2, -0.15) is 18.2 Å². The van der Waals surface area contributed by atoms with Gasteiger partial charge in [-0.25, -0.2) is 4.98 Å². The first-order chi connectivity index (χ1) is 33.3. The van der Waals surface area contributed by atoms with E-state index in [9.17, 15) is 37.1 Å². The Balaban J connectivity index is 0.737. The number of benzene rings is 3. The van der Waals surface area contributed by atoms with E-state index >= 15 is 0 Å². The molecule has 3 aromatic carbocycles. The summed E-state index contributed by atoms with van der Waals surface area (Å²) in [6.45, 7) is 3.62. The molecule has 5 amide bonds. The van der Waals surface area contributed by atoms with E-state index in [0.29, 0.717) is 31.9 Å². The fraction of sp³-hybridized carbons (Fsp3) is 0.375. The second kappa shape index (κ2) is 20.2. The molecule has 3 aliphatic heterocycles. The number of hydrogen-bond donors (Lipinski definition) is 2. The van der Waals surface area contributed by atoms with E-state index in [1.54, 1.807) is 35.6 Å². The molecular formula is C48H47F3N10O7S. The summed E-state index contributed by atoms with van der Waals surface area (Å²) in [4.78, 5) is 76.0. The van der Waals surface area contributed by atoms with Crippen LogP contribution in [0, 0.1) is 0 Å². The van der Waals surface area contributed by atoms with Crippen LogP contribution in [0.25, 0.3) is 22.6 Å². The fourth-order valence-corrected chi connectivity index (χ4v) is 9.98. The minimum absolute atomic E-state index is 0.0460. The Kier molecular flexibility index (Phi) is 13.8. The molecule has 1 atom stereocenters. The lowest BCUT2D eigenvalue weighted by molar-refractivity contribution is -0.159. The average Bonchev–Trinajstić information content (AvgIpc) is 4.19. The fourth-order valence-electron chi connectivity index (χ4n) is 8.89. The second-order valence-corrected chi connectivity index (χ2v) is 18.2. The van der Waals surface area contributed by atoms with Crippen molar-refractivity contribution in [3.63, 3.8) is 0 Å². The van der Waals surface area contributed by atoms with Gasteiger partial charge in [0.25, 0.3) is 17.7 Å². The molecule has 2 N–H and O–H groups in total. The zero-order valence-electron chi connectivity index (χ0n) is 37.2. The number of nitrogens with zero attached hydrogens (tertiary/aromatic N) is 8. The largest absolute Gasteiger partial charge is 0.493 e. The van der Waals surface area contributed by atoms with E-state index in [1.165, 1.54) is 18.2 Å². The highest BCUT2D eigenvalue weighted by Gasteiger charge is 2.46. The van der Waals surface area contributed by atoms with E-state index in [4.69, 9.17) is 9.72 Å². The number of imide groups is 2. The lowest BCUT2D eigenvalue weighted by atomic mass is 9.78. The van der Waals surface area contributed by atoms with Crippen LogP contribution in [0.5, 0.6) is 5.75 Å². The Morgan fingerprint density at radius 1 is 0.913 bits per heavy atom.